The highest BCUT2D eigenvalue weighted by Gasteiger charge is 2.39. The fourth-order valence-electron chi connectivity index (χ4n) is 6.84. The average molecular weight is 1410 g/mol. The van der Waals surface area contributed by atoms with Gasteiger partial charge in [-0.3, -0.25) is 35.0 Å². The largest absolute Gasteiger partial charge is 0.416 e. The lowest BCUT2D eigenvalue weighted by molar-refractivity contribution is -0.387. The molecule has 0 spiro atoms. The number of aliphatic hydroxyl groups is 1. The zero-order valence-electron chi connectivity index (χ0n) is 55.5. The maximum absolute atomic E-state index is 13.4. The zero-order valence-corrected chi connectivity index (χ0v) is 58.5. The van der Waals surface area contributed by atoms with Crippen LogP contribution in [0.2, 0.25) is 54.4 Å². The summed E-state index contributed by atoms with van der Waals surface area (Å²) in [5, 5.41) is 36.2. The van der Waals surface area contributed by atoms with E-state index in [1.807, 2.05) is 0 Å². The molecule has 0 aliphatic carbocycles. The molecule has 0 bridgehead atoms. The van der Waals surface area contributed by atoms with Crippen LogP contribution >= 0.6 is 0 Å². The minimum Gasteiger partial charge on any atom is -0.416 e. The van der Waals surface area contributed by atoms with Crippen molar-refractivity contribution in [3.63, 3.8) is 0 Å². The summed E-state index contributed by atoms with van der Waals surface area (Å²) < 4.78 is 160. The zero-order chi connectivity index (χ0) is 72.8. The van der Waals surface area contributed by atoms with Gasteiger partial charge in [0.05, 0.1) is 76.6 Å². The Balaban J connectivity index is 0.000000399. The number of nitrogen functional groups attached to an aromatic ring is 1. The van der Waals surface area contributed by atoms with Gasteiger partial charge in [0.25, 0.3) is 5.69 Å². The second-order valence-corrected chi connectivity index (χ2v) is 39.8. The van der Waals surface area contributed by atoms with Crippen LogP contribution in [-0.4, -0.2) is 112 Å². The molecule has 3 aromatic heterocycles. The number of pyridine rings is 2. The number of aromatic nitrogens is 4. The first kappa shape index (κ1) is 83.3. The van der Waals surface area contributed by atoms with Crippen molar-refractivity contribution in [3.8, 4) is 11.4 Å². The molecule has 7 aromatic rings. The molecule has 95 heavy (non-hydrogen) atoms. The van der Waals surface area contributed by atoms with Gasteiger partial charge in [-0.15, -0.1) is 0 Å². The standard InChI is InChI=1S/C14H10F3N3O.C14H22F2N2O3Si.C14H24F2N2OSi.C8H21NOSi.C6H2F3NO2.C6H4FNO/c15-9-3-8(6-18-7-9)14-19-12-4-10(16)11(17)5-13(12)20(14)1-2-21;1-14(2,3)22(4,5)21-7-6-17-12-8-10(15)11(16)9-13(12)18(19)20;1-14(2,3)20(4,5)19-7-6-18-13-9-11(16)10(15)8-12(13)17;1-8(2,3)11(4,5)10-7-6-9;7-3-1-5(9)6(10(11)12)2-4(3)8;7-6-1-5(4-9)2-8-3-6/h3-7,21H,1-2H2;8-9,17H,6-7H2,1-5H3;8-9,18H,6-7,17H2,1-5H3;6-7,9H2,1-5H3;1-2H;1-4H. The first-order valence-corrected chi connectivity index (χ1v) is 37.9. The summed E-state index contributed by atoms with van der Waals surface area (Å²) in [6, 6.07) is 8.06. The van der Waals surface area contributed by atoms with Crippen LogP contribution in [0, 0.1) is 84.2 Å². The van der Waals surface area contributed by atoms with E-state index in [0.717, 1.165) is 48.8 Å². The quantitative estimate of drug-likeness (QED) is 0.00736. The van der Waals surface area contributed by atoms with E-state index in [1.165, 1.54) is 23.0 Å². The summed E-state index contributed by atoms with van der Waals surface area (Å²) in [6.45, 7) is 35.4. The molecule has 0 unspecified atom stereocenters. The van der Waals surface area contributed by atoms with Crippen molar-refractivity contribution >= 4 is 70.7 Å². The SMILES string of the molecule is CC(C)(C)[Si](C)(C)OCCN.CC(C)(C)[Si](C)(C)OCCNc1cc(F)c(F)cc1N.CC(C)(C)[Si](C)(C)OCCNc1cc(F)c(F)cc1[N+](=O)[O-].O=Cc1cncc(F)c1.O=[N+]([O-])c1cc(F)c(F)cc1F.OCCn1c(-c2cncc(F)c2)nc2cc(F)c(F)cc21. The Morgan fingerprint density at radius 3 is 1.40 bits per heavy atom. The van der Waals surface area contributed by atoms with Crippen LogP contribution in [0.4, 0.5) is 76.7 Å². The van der Waals surface area contributed by atoms with Crippen LogP contribution in [0.25, 0.3) is 22.4 Å². The molecule has 0 aliphatic heterocycles. The molecule has 7 rings (SSSR count). The van der Waals surface area contributed by atoms with Crippen molar-refractivity contribution in [3.05, 3.63) is 175 Å². The van der Waals surface area contributed by atoms with Gasteiger partial charge in [0.15, 0.2) is 77.8 Å². The number of hydrogen-bond donors (Lipinski definition) is 5. The Bertz CT molecular complexity index is 3690. The van der Waals surface area contributed by atoms with Gasteiger partial charge in [-0.05, 0) is 66.5 Å². The van der Waals surface area contributed by atoms with Gasteiger partial charge in [-0.2, -0.15) is 4.39 Å². The number of nitrogens with one attached hydrogen (secondary N) is 2. The number of rotatable bonds is 19. The number of nitrogens with two attached hydrogens (primary N) is 2. The highest BCUT2D eigenvalue weighted by molar-refractivity contribution is 6.74. The molecule has 524 valence electrons. The Morgan fingerprint density at radius 2 is 0.958 bits per heavy atom. The normalized spacial score (nSPS) is 11.7. The van der Waals surface area contributed by atoms with Crippen LogP contribution in [0.15, 0.2) is 85.5 Å². The van der Waals surface area contributed by atoms with E-state index in [9.17, 15) is 73.3 Å². The molecule has 0 saturated heterocycles. The van der Waals surface area contributed by atoms with E-state index in [0.29, 0.717) is 67.1 Å². The molecular formula is C62H83F11N10O9Si3. The van der Waals surface area contributed by atoms with E-state index in [1.54, 1.807) is 0 Å². The highest BCUT2D eigenvalue weighted by Crippen LogP contribution is 2.39. The number of carbonyl (C=O) groups excluding carboxylic acids is 1. The second kappa shape index (κ2) is 36.4. The molecule has 0 amide bonds. The van der Waals surface area contributed by atoms with E-state index in [4.69, 9.17) is 29.9 Å². The van der Waals surface area contributed by atoms with Gasteiger partial charge >= 0.3 is 5.69 Å². The lowest BCUT2D eigenvalue weighted by atomic mass is 10.2. The third-order valence-corrected chi connectivity index (χ3v) is 28.8. The fourth-order valence-corrected chi connectivity index (χ4v) is 9.99. The van der Waals surface area contributed by atoms with Crippen molar-refractivity contribution in [1.29, 1.82) is 0 Å². The minimum absolute atomic E-state index is 0.0530. The van der Waals surface area contributed by atoms with Crippen LogP contribution in [0.3, 0.4) is 0 Å². The van der Waals surface area contributed by atoms with Crippen molar-refractivity contribution in [2.45, 2.75) is 123 Å². The second-order valence-electron chi connectivity index (χ2n) is 25.3. The van der Waals surface area contributed by atoms with Gasteiger partial charge in [-0.1, -0.05) is 62.3 Å². The summed E-state index contributed by atoms with van der Waals surface area (Å²) >= 11 is 0. The number of fused-ring (bicyclic) bond motifs is 1. The molecule has 0 fully saturated rings. The molecule has 0 aliphatic rings. The molecule has 19 nitrogen and oxygen atoms in total. The first-order valence-electron chi connectivity index (χ1n) is 29.2. The third kappa shape index (κ3) is 26.0. The third-order valence-electron chi connectivity index (χ3n) is 15.2. The number of benzene rings is 4. The number of anilines is 3. The highest BCUT2D eigenvalue weighted by atomic mass is 28.4. The Morgan fingerprint density at radius 1 is 0.547 bits per heavy atom. The lowest BCUT2D eigenvalue weighted by Crippen LogP contribution is -2.41. The van der Waals surface area contributed by atoms with Crippen molar-refractivity contribution < 1.29 is 81.3 Å². The summed E-state index contributed by atoms with van der Waals surface area (Å²) in [6.07, 6.45) is 5.34. The molecule has 0 radical (unpaired) electrons. The smallest absolute Gasteiger partial charge is 0.307 e. The summed E-state index contributed by atoms with van der Waals surface area (Å²) in [7, 11) is -5.19. The Labute approximate surface area is 547 Å². The number of imidazole rings is 1. The average Bonchev–Trinajstić information content (AvgIpc) is 1.63. The maximum Gasteiger partial charge on any atom is 0.307 e. The minimum atomic E-state index is -1.91. The predicted molar refractivity (Wildman–Crippen MR) is 352 cm³/mol. The van der Waals surface area contributed by atoms with Gasteiger partial charge in [0, 0.05) is 92.7 Å². The molecule has 3 heterocycles. The molecule has 0 atom stereocenters. The Hall–Kier alpha value is -7.80. The van der Waals surface area contributed by atoms with Gasteiger partial charge in [0.1, 0.15) is 23.1 Å². The number of aliphatic hydroxyl groups excluding tert-OH is 1. The van der Waals surface area contributed by atoms with Crippen LogP contribution in [0.1, 0.15) is 72.7 Å². The fraction of sp³-hybridized carbons (Fsp3) is 0.419. The molecule has 33 heteroatoms. The lowest BCUT2D eigenvalue weighted by Gasteiger charge is -2.36. The first-order chi connectivity index (χ1) is 43.8. The molecule has 7 N–H and O–H groups in total. The topological polar surface area (TPSA) is 271 Å². The molecule has 0 saturated carbocycles. The predicted octanol–water partition coefficient (Wildman–Crippen LogP) is 15.8. The maximum atomic E-state index is 13.4. The number of nitro benzene ring substituents is 2. The molecule has 4 aromatic carbocycles. The van der Waals surface area contributed by atoms with Crippen molar-refractivity contribution in [2.75, 3.05) is 62.4 Å². The van der Waals surface area contributed by atoms with Crippen LogP contribution < -0.4 is 22.1 Å². The van der Waals surface area contributed by atoms with Gasteiger partial charge in [-0.25, -0.2) is 48.9 Å². The van der Waals surface area contributed by atoms with Gasteiger partial charge in [0.2, 0.25) is 5.82 Å². The number of nitrogens with zero attached hydrogens (tertiary/aromatic N) is 6. The summed E-state index contributed by atoms with van der Waals surface area (Å²) in [5.74, 6) is -11.3. The van der Waals surface area contributed by atoms with E-state index >= 15 is 0 Å². The number of aldehydes is 1. The van der Waals surface area contributed by atoms with Crippen molar-refractivity contribution in [2.24, 2.45) is 5.73 Å². The van der Waals surface area contributed by atoms with E-state index in [-0.39, 0.29) is 70.2 Å². The van der Waals surface area contributed by atoms with Crippen molar-refractivity contribution in [1.82, 2.24) is 19.5 Å². The van der Waals surface area contributed by atoms with E-state index in [2.05, 4.69) is 127 Å². The monoisotopic (exact) mass is 1400 g/mol. The van der Waals surface area contributed by atoms with Crippen LogP contribution in [0.5, 0.6) is 0 Å². The summed E-state index contributed by atoms with van der Waals surface area (Å²) in [5.41, 5.74) is 11.1. The van der Waals surface area contributed by atoms with E-state index < -0.39 is 110 Å². The Kier molecular flexibility index (Phi) is 31.9. The molecular weight excluding hydrogens is 1320 g/mol. The number of carbonyl (C=O) groups is 1. The van der Waals surface area contributed by atoms with Crippen LogP contribution in [-0.2, 0) is 19.8 Å². The van der Waals surface area contributed by atoms with Gasteiger partial charge < -0.3 is 45.1 Å². The summed E-state index contributed by atoms with van der Waals surface area (Å²) in [4.78, 5) is 40.3. The number of nitro groups is 2. The number of halogens is 11. The number of hydrogen-bond acceptors (Lipinski definition) is 16.